The first-order valence-corrected chi connectivity index (χ1v) is 9.37. The molecule has 1 aromatic heterocycles. The maximum Gasteiger partial charge on any atom is 0.346 e. The number of aromatic nitrogens is 3. The van der Waals surface area contributed by atoms with Crippen molar-refractivity contribution in [3.05, 3.63) is 35.9 Å². The predicted molar refractivity (Wildman–Crippen MR) is 97.6 cm³/mol. The van der Waals surface area contributed by atoms with Gasteiger partial charge in [-0.2, -0.15) is 4.98 Å². The summed E-state index contributed by atoms with van der Waals surface area (Å²) in [5.74, 6) is -1.63. The van der Waals surface area contributed by atoms with Crippen LogP contribution in [-0.4, -0.2) is 46.2 Å². The summed E-state index contributed by atoms with van der Waals surface area (Å²) in [6.07, 6.45) is 1.75. The molecule has 9 heteroatoms. The summed E-state index contributed by atoms with van der Waals surface area (Å²) in [5, 5.41) is 4.59. The minimum Gasteiger partial charge on any atom is -0.464 e. The molecule has 0 saturated carbocycles. The fraction of sp³-hybridized carbons (Fsp3) is 0.412. The molecule has 0 atom stereocenters. The molecule has 0 aliphatic rings. The Labute approximate surface area is 156 Å². The standard InChI is InChI=1S/C17H22N4O4S/c1-4-24-13(22)17(14(23)25-5-2,11-12-9-7-6-8-10-12)21-15(18)19-16(20-21)26-3/h6-10H,4-5,11H2,1-3H3,(H2,18,19,20). The monoisotopic (exact) mass is 378 g/mol. The van der Waals surface area contributed by atoms with Crippen molar-refractivity contribution in [3.8, 4) is 0 Å². The molecule has 0 fully saturated rings. The van der Waals surface area contributed by atoms with Crippen LogP contribution in [0.1, 0.15) is 19.4 Å². The van der Waals surface area contributed by atoms with E-state index in [2.05, 4.69) is 10.1 Å². The second-order valence-corrected chi connectivity index (χ2v) is 6.11. The Kier molecular flexibility index (Phi) is 6.62. The highest BCUT2D eigenvalue weighted by Gasteiger charge is 2.53. The number of hydrogen-bond acceptors (Lipinski definition) is 8. The van der Waals surface area contributed by atoms with E-state index in [9.17, 15) is 9.59 Å². The topological polar surface area (TPSA) is 109 Å². The average molecular weight is 378 g/mol. The molecule has 2 aromatic rings. The second-order valence-electron chi connectivity index (χ2n) is 5.33. The third-order valence-corrected chi connectivity index (χ3v) is 4.22. The molecule has 140 valence electrons. The normalized spacial score (nSPS) is 11.2. The zero-order valence-electron chi connectivity index (χ0n) is 15.0. The molecule has 1 heterocycles. The summed E-state index contributed by atoms with van der Waals surface area (Å²) in [6, 6.07) is 9.07. The highest BCUT2D eigenvalue weighted by molar-refractivity contribution is 7.98. The van der Waals surface area contributed by atoms with Gasteiger partial charge in [0.25, 0.3) is 5.54 Å². The number of benzene rings is 1. The molecule has 0 bridgehead atoms. The van der Waals surface area contributed by atoms with Crippen LogP contribution in [0.25, 0.3) is 0 Å². The smallest absolute Gasteiger partial charge is 0.346 e. The van der Waals surface area contributed by atoms with E-state index in [0.29, 0.717) is 5.16 Å². The highest BCUT2D eigenvalue weighted by Crippen LogP contribution is 2.29. The van der Waals surface area contributed by atoms with Crippen LogP contribution in [0.4, 0.5) is 5.95 Å². The second kappa shape index (κ2) is 8.70. The number of anilines is 1. The number of carbonyl (C=O) groups excluding carboxylic acids is 2. The zero-order valence-corrected chi connectivity index (χ0v) is 15.8. The maximum absolute atomic E-state index is 13.0. The fourth-order valence-corrected chi connectivity index (χ4v) is 2.89. The summed E-state index contributed by atoms with van der Waals surface area (Å²) in [6.45, 7) is 3.51. The maximum atomic E-state index is 13.0. The predicted octanol–water partition coefficient (Wildman–Crippen LogP) is 1.65. The number of nitrogens with two attached hydrogens (primary N) is 1. The Bertz CT molecular complexity index is 745. The Balaban J connectivity index is 2.67. The average Bonchev–Trinajstić information content (AvgIpc) is 3.02. The third kappa shape index (κ3) is 3.82. The van der Waals surface area contributed by atoms with Gasteiger partial charge in [0, 0.05) is 6.42 Å². The lowest BCUT2D eigenvalue weighted by molar-refractivity contribution is -0.171. The van der Waals surface area contributed by atoms with Gasteiger partial charge in [-0.3, -0.25) is 0 Å². The minimum atomic E-state index is -1.89. The zero-order chi connectivity index (χ0) is 19.2. The molecule has 0 amide bonds. The van der Waals surface area contributed by atoms with Crippen molar-refractivity contribution in [1.29, 1.82) is 0 Å². The molecule has 0 spiro atoms. The van der Waals surface area contributed by atoms with Gasteiger partial charge >= 0.3 is 11.9 Å². The van der Waals surface area contributed by atoms with E-state index >= 15 is 0 Å². The molecule has 0 aliphatic carbocycles. The van der Waals surface area contributed by atoms with Gasteiger partial charge < -0.3 is 15.2 Å². The van der Waals surface area contributed by atoms with Gasteiger partial charge in [0.15, 0.2) is 0 Å². The fourth-order valence-electron chi connectivity index (χ4n) is 2.54. The number of hydrogen-bond donors (Lipinski definition) is 1. The number of carbonyl (C=O) groups is 2. The number of ether oxygens (including phenoxy) is 2. The van der Waals surface area contributed by atoms with Crippen molar-refractivity contribution < 1.29 is 19.1 Å². The van der Waals surface area contributed by atoms with Gasteiger partial charge in [0.2, 0.25) is 11.1 Å². The van der Waals surface area contributed by atoms with Crippen LogP contribution in [0.2, 0.25) is 0 Å². The Hall–Kier alpha value is -2.55. The number of esters is 2. The molecule has 2 rings (SSSR count). The lowest BCUT2D eigenvalue weighted by Crippen LogP contribution is -2.53. The Morgan fingerprint density at radius 1 is 1.15 bits per heavy atom. The molecule has 26 heavy (non-hydrogen) atoms. The van der Waals surface area contributed by atoms with Crippen molar-refractivity contribution in [2.75, 3.05) is 25.2 Å². The van der Waals surface area contributed by atoms with E-state index < -0.39 is 17.5 Å². The van der Waals surface area contributed by atoms with Gasteiger partial charge in [-0.15, -0.1) is 5.10 Å². The van der Waals surface area contributed by atoms with Crippen LogP contribution < -0.4 is 5.73 Å². The van der Waals surface area contributed by atoms with Gasteiger partial charge in [-0.05, 0) is 25.7 Å². The quantitative estimate of drug-likeness (QED) is 0.419. The molecule has 0 aliphatic heterocycles. The third-order valence-electron chi connectivity index (χ3n) is 3.69. The summed E-state index contributed by atoms with van der Waals surface area (Å²) in [5.41, 5.74) is 4.83. The first-order valence-electron chi connectivity index (χ1n) is 8.14. The number of rotatable bonds is 8. The largest absolute Gasteiger partial charge is 0.464 e. The van der Waals surface area contributed by atoms with Crippen molar-refractivity contribution >= 4 is 29.6 Å². The van der Waals surface area contributed by atoms with Crippen LogP contribution in [0, 0.1) is 0 Å². The SMILES string of the molecule is CCOC(=O)C(Cc1ccccc1)(C(=O)OCC)n1nc(SC)nc1N. The van der Waals surface area contributed by atoms with E-state index in [0.717, 1.165) is 10.2 Å². The van der Waals surface area contributed by atoms with E-state index in [4.69, 9.17) is 15.2 Å². The summed E-state index contributed by atoms with van der Waals surface area (Å²) >= 11 is 1.25. The molecule has 0 saturated heterocycles. The van der Waals surface area contributed by atoms with Gasteiger partial charge in [-0.1, -0.05) is 42.1 Å². The van der Waals surface area contributed by atoms with Crippen LogP contribution in [0.15, 0.2) is 35.5 Å². The molecule has 8 nitrogen and oxygen atoms in total. The van der Waals surface area contributed by atoms with Crippen molar-refractivity contribution in [2.45, 2.75) is 31.0 Å². The van der Waals surface area contributed by atoms with Gasteiger partial charge in [0.1, 0.15) is 0 Å². The molecule has 2 N–H and O–H groups in total. The van der Waals surface area contributed by atoms with E-state index in [-0.39, 0.29) is 25.6 Å². The Morgan fingerprint density at radius 3 is 2.19 bits per heavy atom. The lowest BCUT2D eigenvalue weighted by atomic mass is 9.90. The van der Waals surface area contributed by atoms with E-state index in [1.807, 2.05) is 18.2 Å². The van der Waals surface area contributed by atoms with Gasteiger partial charge in [-0.25, -0.2) is 14.3 Å². The molecule has 0 unspecified atom stereocenters. The molecular weight excluding hydrogens is 356 g/mol. The van der Waals surface area contributed by atoms with E-state index in [1.54, 1.807) is 32.2 Å². The molecule has 0 radical (unpaired) electrons. The van der Waals surface area contributed by atoms with E-state index in [1.165, 1.54) is 11.8 Å². The summed E-state index contributed by atoms with van der Waals surface area (Å²) < 4.78 is 11.5. The molecular formula is C17H22N4O4S. The summed E-state index contributed by atoms with van der Waals surface area (Å²) in [4.78, 5) is 30.0. The molecule has 1 aromatic carbocycles. The number of nitrogen functional groups attached to an aromatic ring is 1. The van der Waals surface area contributed by atoms with Crippen LogP contribution in [0.3, 0.4) is 0 Å². The van der Waals surface area contributed by atoms with Crippen molar-refractivity contribution in [1.82, 2.24) is 14.8 Å². The highest BCUT2D eigenvalue weighted by atomic mass is 32.2. The van der Waals surface area contributed by atoms with Crippen molar-refractivity contribution in [3.63, 3.8) is 0 Å². The lowest BCUT2D eigenvalue weighted by Gasteiger charge is -2.29. The van der Waals surface area contributed by atoms with Crippen molar-refractivity contribution in [2.24, 2.45) is 0 Å². The first-order chi connectivity index (χ1) is 12.5. The van der Waals surface area contributed by atoms with Crippen LogP contribution >= 0.6 is 11.8 Å². The van der Waals surface area contributed by atoms with Gasteiger partial charge in [0.05, 0.1) is 13.2 Å². The van der Waals surface area contributed by atoms with Crippen LogP contribution in [-0.2, 0) is 31.0 Å². The Morgan fingerprint density at radius 2 is 1.73 bits per heavy atom. The number of nitrogens with zero attached hydrogens (tertiary/aromatic N) is 3. The number of thioether (sulfide) groups is 1. The minimum absolute atomic E-state index is 0.0209. The summed E-state index contributed by atoms with van der Waals surface area (Å²) in [7, 11) is 0. The first kappa shape index (κ1) is 19.8. The van der Waals surface area contributed by atoms with Crippen LogP contribution in [0.5, 0.6) is 0 Å².